The number of rotatable bonds is 4. The molecule has 142 valence electrons. The Bertz CT molecular complexity index is 665. The highest BCUT2D eigenvalue weighted by Gasteiger charge is 2.29. The third kappa shape index (κ3) is 3.98. The first-order chi connectivity index (χ1) is 12.5. The van der Waals surface area contributed by atoms with Crippen LogP contribution < -0.4 is 4.90 Å². The van der Waals surface area contributed by atoms with Gasteiger partial charge in [0.15, 0.2) is 0 Å². The summed E-state index contributed by atoms with van der Waals surface area (Å²) >= 11 is 0. The molecule has 3 rings (SSSR count). The molecule has 1 aromatic carbocycles. The highest BCUT2D eigenvalue weighted by Crippen LogP contribution is 2.31. The highest BCUT2D eigenvalue weighted by atomic mass is 16.6. The average molecular weight is 361 g/mol. The summed E-state index contributed by atoms with van der Waals surface area (Å²) in [6.07, 6.45) is 4.22. The van der Waals surface area contributed by atoms with E-state index in [1.54, 1.807) is 11.0 Å². The fourth-order valence-electron chi connectivity index (χ4n) is 3.87. The van der Waals surface area contributed by atoms with Crippen LogP contribution in [0.15, 0.2) is 18.2 Å². The van der Waals surface area contributed by atoms with Crippen molar-refractivity contribution in [2.24, 2.45) is 5.92 Å². The maximum absolute atomic E-state index is 13.2. The maximum atomic E-state index is 13.2. The van der Waals surface area contributed by atoms with Crippen molar-refractivity contribution in [3.8, 4) is 0 Å². The summed E-state index contributed by atoms with van der Waals surface area (Å²) in [6.45, 7) is 4.81. The van der Waals surface area contributed by atoms with Gasteiger partial charge in [0, 0.05) is 38.3 Å². The van der Waals surface area contributed by atoms with E-state index in [4.69, 9.17) is 4.74 Å². The van der Waals surface area contributed by atoms with Crippen LogP contribution in [-0.2, 0) is 4.74 Å². The molecule has 2 fully saturated rings. The summed E-state index contributed by atoms with van der Waals surface area (Å²) in [7, 11) is 1.82. The van der Waals surface area contributed by atoms with E-state index in [0.29, 0.717) is 37.8 Å². The summed E-state index contributed by atoms with van der Waals surface area (Å²) in [5.41, 5.74) is 1.14. The molecule has 26 heavy (non-hydrogen) atoms. The van der Waals surface area contributed by atoms with Crippen molar-refractivity contribution in [1.29, 1.82) is 0 Å². The van der Waals surface area contributed by atoms with Gasteiger partial charge >= 0.3 is 0 Å². The first-order valence-electron chi connectivity index (χ1n) is 9.35. The van der Waals surface area contributed by atoms with E-state index >= 15 is 0 Å². The van der Waals surface area contributed by atoms with E-state index in [9.17, 15) is 14.9 Å². The molecule has 7 heteroatoms. The zero-order valence-electron chi connectivity index (χ0n) is 15.5. The van der Waals surface area contributed by atoms with Gasteiger partial charge in [0.05, 0.1) is 29.4 Å². The van der Waals surface area contributed by atoms with Crippen LogP contribution in [-0.4, -0.2) is 55.1 Å². The van der Waals surface area contributed by atoms with Crippen molar-refractivity contribution in [3.05, 3.63) is 33.9 Å². The van der Waals surface area contributed by atoms with Gasteiger partial charge in [-0.15, -0.1) is 0 Å². The van der Waals surface area contributed by atoms with Gasteiger partial charge in [-0.05, 0) is 37.7 Å². The van der Waals surface area contributed by atoms with Crippen LogP contribution >= 0.6 is 0 Å². The molecule has 1 amide bonds. The Morgan fingerprint density at radius 3 is 2.50 bits per heavy atom. The second-order valence-electron chi connectivity index (χ2n) is 7.39. The Morgan fingerprint density at radius 2 is 1.88 bits per heavy atom. The number of nitrogens with zero attached hydrogens (tertiary/aromatic N) is 3. The zero-order chi connectivity index (χ0) is 18.7. The fourth-order valence-corrected chi connectivity index (χ4v) is 3.87. The molecule has 1 saturated heterocycles. The van der Waals surface area contributed by atoms with Crippen LogP contribution in [0, 0.1) is 16.0 Å². The van der Waals surface area contributed by atoms with Crippen LogP contribution in [0.3, 0.4) is 0 Å². The van der Waals surface area contributed by atoms with Crippen molar-refractivity contribution >= 4 is 17.3 Å². The summed E-state index contributed by atoms with van der Waals surface area (Å²) in [4.78, 5) is 27.9. The van der Waals surface area contributed by atoms with E-state index in [1.807, 2.05) is 7.05 Å². The number of carbonyl (C=O) groups excluding carboxylic acids is 1. The molecule has 1 aliphatic heterocycles. The number of benzene rings is 1. The Kier molecular flexibility index (Phi) is 5.76. The molecule has 0 radical (unpaired) electrons. The van der Waals surface area contributed by atoms with Gasteiger partial charge in [0.1, 0.15) is 0 Å². The molecule has 1 heterocycles. The van der Waals surface area contributed by atoms with Crippen molar-refractivity contribution in [2.75, 3.05) is 38.3 Å². The van der Waals surface area contributed by atoms with Crippen LogP contribution in [0.5, 0.6) is 0 Å². The number of non-ortho nitro benzene ring substituents is 1. The van der Waals surface area contributed by atoms with Crippen molar-refractivity contribution in [1.82, 2.24) is 4.90 Å². The lowest BCUT2D eigenvalue weighted by atomic mass is 9.86. The minimum atomic E-state index is -0.442. The number of nitro groups is 1. The number of amides is 1. The molecule has 0 unspecified atom stereocenters. The molecule has 1 saturated carbocycles. The predicted molar refractivity (Wildman–Crippen MR) is 99.6 cm³/mol. The second-order valence-corrected chi connectivity index (χ2v) is 7.39. The van der Waals surface area contributed by atoms with Crippen LogP contribution in [0.25, 0.3) is 0 Å². The van der Waals surface area contributed by atoms with E-state index in [-0.39, 0.29) is 17.6 Å². The summed E-state index contributed by atoms with van der Waals surface area (Å²) < 4.78 is 5.39. The number of hydrogen-bond donors (Lipinski definition) is 0. The van der Waals surface area contributed by atoms with Crippen molar-refractivity contribution in [2.45, 2.75) is 38.6 Å². The molecular weight excluding hydrogens is 334 g/mol. The number of carbonyl (C=O) groups is 1. The topological polar surface area (TPSA) is 75.9 Å². The van der Waals surface area contributed by atoms with Gasteiger partial charge in [-0.25, -0.2) is 0 Å². The maximum Gasteiger partial charge on any atom is 0.270 e. The molecular formula is C19H27N3O4. The monoisotopic (exact) mass is 361 g/mol. The molecule has 0 N–H and O–H groups in total. The Hall–Kier alpha value is -2.15. The summed E-state index contributed by atoms with van der Waals surface area (Å²) in [6, 6.07) is 4.81. The van der Waals surface area contributed by atoms with Gasteiger partial charge in [-0.2, -0.15) is 0 Å². The van der Waals surface area contributed by atoms with E-state index in [0.717, 1.165) is 31.4 Å². The van der Waals surface area contributed by atoms with E-state index in [1.165, 1.54) is 12.1 Å². The lowest BCUT2D eigenvalue weighted by molar-refractivity contribution is -0.384. The number of anilines is 1. The standard InChI is InChI=1S/C19H27N3O4/c1-14-3-5-15(6-4-14)20(2)19(23)17-13-16(22(24)25)7-8-18(17)21-9-11-26-12-10-21/h7-8,13-15H,3-6,9-12H2,1-2H3. The SMILES string of the molecule is CC1CCC(N(C)C(=O)c2cc([N+](=O)[O-])ccc2N2CCOCC2)CC1. The smallest absolute Gasteiger partial charge is 0.270 e. The third-order valence-corrected chi connectivity index (χ3v) is 5.63. The Labute approximate surface area is 154 Å². The number of morpholine rings is 1. The predicted octanol–water partition coefficient (Wildman–Crippen LogP) is 3.08. The molecule has 1 aliphatic carbocycles. The summed E-state index contributed by atoms with van der Waals surface area (Å²) in [5, 5.41) is 11.2. The minimum absolute atomic E-state index is 0.0453. The molecule has 0 atom stereocenters. The molecule has 1 aromatic rings. The third-order valence-electron chi connectivity index (χ3n) is 5.63. The average Bonchev–Trinajstić information content (AvgIpc) is 2.67. The number of nitro benzene ring substituents is 1. The van der Waals surface area contributed by atoms with Gasteiger partial charge in [-0.3, -0.25) is 14.9 Å². The van der Waals surface area contributed by atoms with Gasteiger partial charge in [-0.1, -0.05) is 6.92 Å². The minimum Gasteiger partial charge on any atom is -0.378 e. The molecule has 7 nitrogen and oxygen atoms in total. The first-order valence-corrected chi connectivity index (χ1v) is 9.35. The molecule has 0 aromatic heterocycles. The lowest BCUT2D eigenvalue weighted by Gasteiger charge is -2.35. The largest absolute Gasteiger partial charge is 0.378 e. The van der Waals surface area contributed by atoms with Crippen LogP contribution in [0.1, 0.15) is 43.0 Å². The Balaban J connectivity index is 1.88. The quantitative estimate of drug-likeness (QED) is 0.608. The normalized spacial score (nSPS) is 23.5. The van der Waals surface area contributed by atoms with Gasteiger partial charge in [0.2, 0.25) is 0 Å². The summed E-state index contributed by atoms with van der Waals surface area (Å²) in [5.74, 6) is 0.575. The number of ether oxygens (including phenoxy) is 1. The van der Waals surface area contributed by atoms with Crippen LogP contribution in [0.4, 0.5) is 11.4 Å². The second kappa shape index (κ2) is 8.03. The van der Waals surface area contributed by atoms with Gasteiger partial charge in [0.25, 0.3) is 11.6 Å². The van der Waals surface area contributed by atoms with Crippen LogP contribution in [0.2, 0.25) is 0 Å². The Morgan fingerprint density at radius 1 is 1.23 bits per heavy atom. The molecule has 0 bridgehead atoms. The first kappa shape index (κ1) is 18.6. The fraction of sp³-hybridized carbons (Fsp3) is 0.632. The van der Waals surface area contributed by atoms with Gasteiger partial charge < -0.3 is 14.5 Å². The zero-order valence-corrected chi connectivity index (χ0v) is 15.5. The molecule has 2 aliphatic rings. The van der Waals surface area contributed by atoms with E-state index < -0.39 is 4.92 Å². The van der Waals surface area contributed by atoms with E-state index in [2.05, 4.69) is 11.8 Å². The highest BCUT2D eigenvalue weighted by molar-refractivity contribution is 6.00. The van der Waals surface area contributed by atoms with Crippen molar-refractivity contribution < 1.29 is 14.5 Å². The number of hydrogen-bond acceptors (Lipinski definition) is 5. The molecule has 0 spiro atoms. The van der Waals surface area contributed by atoms with Crippen molar-refractivity contribution in [3.63, 3.8) is 0 Å². The lowest BCUT2D eigenvalue weighted by Crippen LogP contribution is -2.41.